The van der Waals surface area contributed by atoms with Gasteiger partial charge in [0.05, 0.1) is 18.2 Å². The Labute approximate surface area is 268 Å². The van der Waals surface area contributed by atoms with Crippen LogP contribution in [0.25, 0.3) is 0 Å². The van der Waals surface area contributed by atoms with Gasteiger partial charge in [-0.1, -0.05) is 98.2 Å². The number of carbonyl (C=O) groups excluding carboxylic acids is 1. The number of benzene rings is 3. The molecule has 0 aliphatic heterocycles. The smallest absolute Gasteiger partial charge is 0.314 e. The molecule has 3 aromatic carbocycles. The molecule has 0 amide bonds. The monoisotopic (exact) mass is 617 g/mol. The highest BCUT2D eigenvalue weighted by Gasteiger charge is 2.65. The number of aliphatic hydroxyl groups excluding tert-OH is 1. The van der Waals surface area contributed by atoms with Crippen LogP contribution < -0.4 is 0 Å². The summed E-state index contributed by atoms with van der Waals surface area (Å²) in [7, 11) is 1.84. The van der Waals surface area contributed by atoms with Crippen molar-refractivity contribution in [2.75, 3.05) is 13.7 Å². The lowest BCUT2D eigenvalue weighted by Crippen LogP contribution is -2.51. The Morgan fingerprint density at radius 3 is 2.16 bits per heavy atom. The quantitative estimate of drug-likeness (QED) is 0.219. The number of nitrogens with zero attached hydrogens (tertiary/aromatic N) is 1. The standard InChI is InChI=1S/C38H48ClNO4/c1-36(2,3)44-35(42)32(34(41)28-17-19-30(39)20-18-28)33(27-15-11-8-12-16-27)40(24-26-13-9-7-10-14-26)25-38-22-21-29(37(38,4)5)23-31(38)43-6/h7-20,29,31-34,41H,21-25H2,1-6H3/t29?,31?,32-,33+,34-,38?/m0/s1. The van der Waals surface area contributed by atoms with Crippen molar-refractivity contribution in [3.05, 3.63) is 107 Å². The fourth-order valence-electron chi connectivity index (χ4n) is 8.10. The van der Waals surface area contributed by atoms with Gasteiger partial charge in [0.15, 0.2) is 0 Å². The molecule has 0 radical (unpaired) electrons. The Morgan fingerprint density at radius 2 is 1.59 bits per heavy atom. The molecule has 2 aliphatic carbocycles. The van der Waals surface area contributed by atoms with Crippen molar-refractivity contribution in [3.63, 3.8) is 0 Å². The second-order valence-electron chi connectivity index (χ2n) is 14.4. The normalized spacial score (nSPS) is 24.7. The molecule has 5 rings (SSSR count). The van der Waals surface area contributed by atoms with Crippen LogP contribution in [0.2, 0.25) is 5.02 Å². The minimum atomic E-state index is -1.13. The lowest BCUT2D eigenvalue weighted by Gasteiger charge is -2.48. The van der Waals surface area contributed by atoms with E-state index in [1.165, 1.54) is 6.42 Å². The van der Waals surface area contributed by atoms with Gasteiger partial charge in [-0.05, 0) is 80.2 Å². The molecule has 3 aromatic rings. The van der Waals surface area contributed by atoms with Gasteiger partial charge < -0.3 is 14.6 Å². The van der Waals surface area contributed by atoms with Crippen LogP contribution in [0.5, 0.6) is 0 Å². The number of esters is 1. The Balaban J connectivity index is 1.69. The van der Waals surface area contributed by atoms with Crippen molar-refractivity contribution in [2.24, 2.45) is 22.7 Å². The maximum Gasteiger partial charge on any atom is 0.314 e. The Morgan fingerprint density at radius 1 is 0.977 bits per heavy atom. The maximum absolute atomic E-state index is 14.4. The number of rotatable bonds is 11. The zero-order chi connectivity index (χ0) is 31.7. The molecule has 1 N–H and O–H groups in total. The summed E-state index contributed by atoms with van der Waals surface area (Å²) >= 11 is 6.24. The zero-order valence-electron chi connectivity index (χ0n) is 27.0. The fraction of sp³-hybridized carbons (Fsp3) is 0.500. The average molecular weight is 618 g/mol. The van der Waals surface area contributed by atoms with E-state index in [4.69, 9.17) is 21.1 Å². The highest BCUT2D eigenvalue weighted by Crippen LogP contribution is 2.67. The third-order valence-electron chi connectivity index (χ3n) is 10.5. The van der Waals surface area contributed by atoms with Crippen LogP contribution in [0, 0.1) is 22.7 Å². The van der Waals surface area contributed by atoms with Crippen molar-refractivity contribution in [1.82, 2.24) is 4.90 Å². The topological polar surface area (TPSA) is 59.0 Å². The van der Waals surface area contributed by atoms with Gasteiger partial charge in [-0.15, -0.1) is 0 Å². The highest BCUT2D eigenvalue weighted by molar-refractivity contribution is 6.30. The van der Waals surface area contributed by atoms with E-state index >= 15 is 0 Å². The predicted molar refractivity (Wildman–Crippen MR) is 176 cm³/mol. The lowest BCUT2D eigenvalue weighted by molar-refractivity contribution is -0.170. The fourth-order valence-corrected chi connectivity index (χ4v) is 8.22. The SMILES string of the molecule is COC1CC2CCC1(CN(Cc1ccccc1)[C@H](c1ccccc1)[C@H](C(=O)OC(C)(C)C)[C@@H](O)c1ccc(Cl)cc1)C2(C)C. The number of hydrogen-bond acceptors (Lipinski definition) is 5. The largest absolute Gasteiger partial charge is 0.460 e. The summed E-state index contributed by atoms with van der Waals surface area (Å²) in [5.74, 6) is -0.759. The first-order valence-corrected chi connectivity index (χ1v) is 16.3. The van der Waals surface area contributed by atoms with Crippen LogP contribution in [-0.4, -0.2) is 41.3 Å². The van der Waals surface area contributed by atoms with Gasteiger partial charge in [-0.3, -0.25) is 9.69 Å². The van der Waals surface area contributed by atoms with Crippen LogP contribution in [0.15, 0.2) is 84.9 Å². The van der Waals surface area contributed by atoms with E-state index in [0.29, 0.717) is 23.0 Å². The summed E-state index contributed by atoms with van der Waals surface area (Å²) in [5.41, 5.74) is 1.95. The molecule has 0 heterocycles. The Kier molecular flexibility index (Phi) is 9.63. The molecule has 0 aromatic heterocycles. The molecule has 0 saturated heterocycles. The van der Waals surface area contributed by atoms with Gasteiger partial charge >= 0.3 is 5.97 Å². The molecular formula is C38H48ClNO4. The highest BCUT2D eigenvalue weighted by atomic mass is 35.5. The summed E-state index contributed by atoms with van der Waals surface area (Å²) in [6, 6.07) is 27.2. The summed E-state index contributed by atoms with van der Waals surface area (Å²) in [4.78, 5) is 16.8. The van der Waals surface area contributed by atoms with E-state index in [1.54, 1.807) is 24.3 Å². The average Bonchev–Trinajstić information content (AvgIpc) is 3.35. The number of methoxy groups -OCH3 is 1. The summed E-state index contributed by atoms with van der Waals surface area (Å²) < 4.78 is 12.3. The minimum absolute atomic E-state index is 0.0556. The number of hydrogen-bond donors (Lipinski definition) is 1. The zero-order valence-corrected chi connectivity index (χ0v) is 27.8. The van der Waals surface area contributed by atoms with Gasteiger partial charge in [0, 0.05) is 30.6 Å². The van der Waals surface area contributed by atoms with Crippen molar-refractivity contribution >= 4 is 17.6 Å². The van der Waals surface area contributed by atoms with E-state index in [0.717, 1.165) is 30.5 Å². The molecule has 2 saturated carbocycles. The first-order chi connectivity index (χ1) is 20.9. The molecule has 5 nitrogen and oxygen atoms in total. The molecule has 2 fully saturated rings. The van der Waals surface area contributed by atoms with Gasteiger partial charge in [-0.2, -0.15) is 0 Å². The van der Waals surface area contributed by atoms with E-state index in [-0.39, 0.29) is 16.9 Å². The molecular weight excluding hydrogens is 570 g/mol. The third kappa shape index (κ3) is 6.48. The number of halogens is 1. The lowest BCUT2D eigenvalue weighted by atomic mass is 9.67. The summed E-state index contributed by atoms with van der Waals surface area (Å²) in [6.07, 6.45) is 2.26. The summed E-state index contributed by atoms with van der Waals surface area (Å²) in [6.45, 7) is 11.7. The molecule has 6 atom stereocenters. The number of ether oxygens (including phenoxy) is 2. The maximum atomic E-state index is 14.4. The molecule has 2 aliphatic rings. The molecule has 3 unspecified atom stereocenters. The molecule has 236 valence electrons. The van der Waals surface area contributed by atoms with E-state index < -0.39 is 29.6 Å². The molecule has 6 heteroatoms. The predicted octanol–water partition coefficient (Wildman–Crippen LogP) is 8.42. The number of aliphatic hydroxyl groups is 1. The van der Waals surface area contributed by atoms with Crippen LogP contribution in [0.3, 0.4) is 0 Å². The van der Waals surface area contributed by atoms with Gasteiger partial charge in [0.2, 0.25) is 0 Å². The Bertz CT molecular complexity index is 1390. The first-order valence-electron chi connectivity index (χ1n) is 15.9. The van der Waals surface area contributed by atoms with Crippen molar-refractivity contribution < 1.29 is 19.4 Å². The van der Waals surface area contributed by atoms with E-state index in [1.807, 2.05) is 52.1 Å². The van der Waals surface area contributed by atoms with Crippen LogP contribution in [0.4, 0.5) is 0 Å². The van der Waals surface area contributed by atoms with Crippen molar-refractivity contribution in [2.45, 2.75) is 84.3 Å². The van der Waals surface area contributed by atoms with E-state index in [9.17, 15) is 9.90 Å². The van der Waals surface area contributed by atoms with Gasteiger partial charge in [0.1, 0.15) is 11.5 Å². The minimum Gasteiger partial charge on any atom is -0.460 e. The molecule has 2 bridgehead atoms. The van der Waals surface area contributed by atoms with Gasteiger partial charge in [-0.25, -0.2) is 0 Å². The van der Waals surface area contributed by atoms with Crippen molar-refractivity contribution in [3.8, 4) is 0 Å². The second-order valence-corrected chi connectivity index (χ2v) is 14.8. The number of carbonyl (C=O) groups is 1. The number of fused-ring (bicyclic) bond motifs is 2. The van der Waals surface area contributed by atoms with Crippen LogP contribution in [-0.2, 0) is 20.8 Å². The van der Waals surface area contributed by atoms with Crippen LogP contribution in [0.1, 0.15) is 82.7 Å². The summed E-state index contributed by atoms with van der Waals surface area (Å²) in [5, 5.41) is 12.8. The van der Waals surface area contributed by atoms with Gasteiger partial charge in [0.25, 0.3) is 0 Å². The molecule has 0 spiro atoms. The third-order valence-corrected chi connectivity index (χ3v) is 10.7. The van der Waals surface area contributed by atoms with E-state index in [2.05, 4.69) is 55.1 Å². The molecule has 44 heavy (non-hydrogen) atoms. The van der Waals surface area contributed by atoms with Crippen LogP contribution >= 0.6 is 11.6 Å². The Hall–Kier alpha value is -2.70. The van der Waals surface area contributed by atoms with Crippen molar-refractivity contribution in [1.29, 1.82) is 0 Å². The first kappa shape index (κ1) is 32.7. The second kappa shape index (κ2) is 13.0.